The van der Waals surface area contributed by atoms with Crippen LogP contribution in [0.1, 0.15) is 46.3 Å². The van der Waals surface area contributed by atoms with E-state index >= 15 is 0 Å². The largest absolute Gasteiger partial charge is 0.488 e. The second-order valence-electron chi connectivity index (χ2n) is 8.18. The molecule has 0 bridgehead atoms. The maximum Gasteiger partial charge on any atom is 0.160 e. The fraction of sp³-hybridized carbons (Fsp3) is 0.222. The average Bonchev–Trinajstić information content (AvgIpc) is 3.06. The first kappa shape index (κ1) is 20.0. The Hall–Kier alpha value is -3.91. The predicted octanol–water partition coefficient (Wildman–Crippen LogP) is 5.51. The summed E-state index contributed by atoms with van der Waals surface area (Å²) in [6.45, 7) is 7.37. The Balaban J connectivity index is 1.59. The smallest absolute Gasteiger partial charge is 0.160 e. The molecule has 5 rings (SSSR count). The number of rotatable bonds is 3. The first-order valence-corrected chi connectivity index (χ1v) is 10.9. The topological polar surface area (TPSA) is 63.7 Å². The van der Waals surface area contributed by atoms with Crippen molar-refractivity contribution in [1.82, 2.24) is 14.5 Å². The molecule has 32 heavy (non-hydrogen) atoms. The third-order valence-corrected chi connectivity index (χ3v) is 5.99. The minimum Gasteiger partial charge on any atom is -0.488 e. The normalized spacial score (nSPS) is 13.9. The van der Waals surface area contributed by atoms with Crippen LogP contribution >= 0.6 is 0 Å². The first-order valence-electron chi connectivity index (χ1n) is 10.9. The van der Waals surface area contributed by atoms with E-state index in [0.717, 1.165) is 68.2 Å². The van der Waals surface area contributed by atoms with Crippen LogP contribution in [0, 0.1) is 25.2 Å². The van der Waals surface area contributed by atoms with Crippen LogP contribution in [0.15, 0.2) is 54.6 Å². The summed E-state index contributed by atoms with van der Waals surface area (Å²) in [4.78, 5) is 9.65. The summed E-state index contributed by atoms with van der Waals surface area (Å²) < 4.78 is 8.41. The van der Waals surface area contributed by atoms with E-state index in [1.807, 2.05) is 25.1 Å². The number of hydrogen-bond donors (Lipinski definition) is 0. The number of aryl methyl sites for hydroxylation is 3. The van der Waals surface area contributed by atoms with Crippen LogP contribution in [0.3, 0.4) is 0 Å². The number of hydrogen-bond acceptors (Lipinski definition) is 4. The molecule has 0 aliphatic carbocycles. The molecule has 0 amide bonds. The molecule has 5 heteroatoms. The number of pyridine rings is 1. The van der Waals surface area contributed by atoms with Gasteiger partial charge in [0.2, 0.25) is 0 Å². The lowest BCUT2D eigenvalue weighted by Gasteiger charge is -2.13. The number of allylic oxidation sites excluding steroid dienone is 1. The number of benzene rings is 2. The highest BCUT2D eigenvalue weighted by molar-refractivity contribution is 5.86. The highest BCUT2D eigenvalue weighted by Crippen LogP contribution is 2.37. The Morgan fingerprint density at radius 3 is 2.75 bits per heavy atom. The first-order chi connectivity index (χ1) is 15.6. The summed E-state index contributed by atoms with van der Waals surface area (Å²) in [5.74, 6) is 1.82. The molecule has 0 saturated carbocycles. The van der Waals surface area contributed by atoms with Crippen molar-refractivity contribution in [3.05, 3.63) is 93.9 Å². The number of imidazole rings is 1. The Labute approximate surface area is 187 Å². The molecule has 0 atom stereocenters. The quantitative estimate of drug-likeness (QED) is 0.410. The molecule has 158 valence electrons. The lowest BCUT2D eigenvalue weighted by Crippen LogP contribution is -2.06. The van der Waals surface area contributed by atoms with Gasteiger partial charge in [0, 0.05) is 29.3 Å². The van der Waals surface area contributed by atoms with Crippen molar-refractivity contribution in [2.24, 2.45) is 0 Å². The van der Waals surface area contributed by atoms with E-state index in [1.54, 1.807) is 6.08 Å². The van der Waals surface area contributed by atoms with Gasteiger partial charge in [-0.3, -0.25) is 0 Å². The number of fused-ring (bicyclic) bond motifs is 3. The van der Waals surface area contributed by atoms with E-state index in [4.69, 9.17) is 14.7 Å². The van der Waals surface area contributed by atoms with Crippen LogP contribution in [-0.2, 0) is 19.6 Å². The van der Waals surface area contributed by atoms with Gasteiger partial charge < -0.3 is 9.30 Å². The van der Waals surface area contributed by atoms with Gasteiger partial charge in [-0.1, -0.05) is 43.3 Å². The van der Waals surface area contributed by atoms with E-state index in [0.29, 0.717) is 13.2 Å². The van der Waals surface area contributed by atoms with Crippen LogP contribution < -0.4 is 4.74 Å². The second-order valence-corrected chi connectivity index (χ2v) is 8.18. The Morgan fingerprint density at radius 2 is 1.94 bits per heavy atom. The van der Waals surface area contributed by atoms with Gasteiger partial charge in [-0.05, 0) is 48.2 Å². The molecule has 0 fully saturated rings. The SMILES string of the molecule is CCc1nc2c(C)cc(C)nc2n1Cc1ccc2c(c1)OCc1ccccc1/C2=C\C#N. The summed E-state index contributed by atoms with van der Waals surface area (Å²) in [7, 11) is 0. The van der Waals surface area contributed by atoms with Gasteiger partial charge in [0.05, 0.1) is 12.6 Å². The predicted molar refractivity (Wildman–Crippen MR) is 125 cm³/mol. The molecule has 0 radical (unpaired) electrons. The molecule has 2 aromatic carbocycles. The summed E-state index contributed by atoms with van der Waals surface area (Å²) in [5.41, 5.74) is 9.11. The van der Waals surface area contributed by atoms with E-state index in [2.05, 4.69) is 54.8 Å². The van der Waals surface area contributed by atoms with E-state index in [1.165, 1.54) is 0 Å². The molecule has 5 nitrogen and oxygen atoms in total. The fourth-order valence-corrected chi connectivity index (χ4v) is 4.50. The van der Waals surface area contributed by atoms with Crippen LogP contribution in [0.4, 0.5) is 0 Å². The van der Waals surface area contributed by atoms with Gasteiger partial charge in [0.1, 0.15) is 23.7 Å². The van der Waals surface area contributed by atoms with Crippen LogP contribution in [0.2, 0.25) is 0 Å². The minimum atomic E-state index is 0.476. The molecule has 2 aromatic heterocycles. The van der Waals surface area contributed by atoms with E-state index < -0.39 is 0 Å². The minimum absolute atomic E-state index is 0.476. The molecule has 1 aliphatic heterocycles. The second kappa shape index (κ2) is 7.97. The van der Waals surface area contributed by atoms with Crippen molar-refractivity contribution in [1.29, 1.82) is 5.26 Å². The van der Waals surface area contributed by atoms with Crippen molar-refractivity contribution in [3.63, 3.8) is 0 Å². The van der Waals surface area contributed by atoms with Crippen LogP contribution in [0.5, 0.6) is 5.75 Å². The van der Waals surface area contributed by atoms with Crippen LogP contribution in [0.25, 0.3) is 16.7 Å². The van der Waals surface area contributed by atoms with Gasteiger partial charge in [-0.2, -0.15) is 5.26 Å². The monoisotopic (exact) mass is 420 g/mol. The molecule has 0 N–H and O–H groups in total. The molecule has 4 aromatic rings. The third kappa shape index (κ3) is 3.34. The molecule has 0 spiro atoms. The van der Waals surface area contributed by atoms with Crippen molar-refractivity contribution < 1.29 is 4.74 Å². The van der Waals surface area contributed by atoms with Gasteiger partial charge >= 0.3 is 0 Å². The number of aromatic nitrogens is 3. The molecule has 0 unspecified atom stereocenters. The maximum atomic E-state index is 9.41. The highest BCUT2D eigenvalue weighted by atomic mass is 16.5. The third-order valence-electron chi connectivity index (χ3n) is 5.99. The molecular formula is C27H24N4O. The highest BCUT2D eigenvalue weighted by Gasteiger charge is 2.20. The zero-order valence-corrected chi connectivity index (χ0v) is 18.5. The zero-order valence-electron chi connectivity index (χ0n) is 18.5. The summed E-state index contributed by atoms with van der Waals surface area (Å²) in [6.07, 6.45) is 2.45. The van der Waals surface area contributed by atoms with Crippen molar-refractivity contribution in [2.75, 3.05) is 0 Å². The lowest BCUT2D eigenvalue weighted by atomic mass is 9.93. The van der Waals surface area contributed by atoms with Gasteiger partial charge in [-0.25, -0.2) is 9.97 Å². The van der Waals surface area contributed by atoms with E-state index in [-0.39, 0.29) is 0 Å². The number of nitriles is 1. The van der Waals surface area contributed by atoms with E-state index in [9.17, 15) is 5.26 Å². The Bertz CT molecular complexity index is 1420. The lowest BCUT2D eigenvalue weighted by molar-refractivity contribution is 0.307. The summed E-state index contributed by atoms with van der Waals surface area (Å²) in [5, 5.41) is 9.41. The standard InChI is InChI=1S/C27H24N4O/c1-4-25-30-26-17(2)13-18(3)29-27(26)31(25)15-19-9-10-23-22(11-12-28)21-8-6-5-7-20(21)16-32-24(23)14-19/h5-11,13-14H,4,15-16H2,1-3H3/b22-11+. The van der Waals surface area contributed by atoms with Crippen molar-refractivity contribution in [2.45, 2.75) is 40.3 Å². The molecule has 1 aliphatic rings. The number of ether oxygens (including phenoxy) is 1. The fourth-order valence-electron chi connectivity index (χ4n) is 4.50. The van der Waals surface area contributed by atoms with Crippen molar-refractivity contribution >= 4 is 16.7 Å². The molecular weight excluding hydrogens is 396 g/mol. The van der Waals surface area contributed by atoms with Crippen molar-refractivity contribution in [3.8, 4) is 11.8 Å². The van der Waals surface area contributed by atoms with Gasteiger partial charge in [0.15, 0.2) is 5.65 Å². The Morgan fingerprint density at radius 1 is 1.09 bits per heavy atom. The number of nitrogens with zero attached hydrogens (tertiary/aromatic N) is 4. The average molecular weight is 421 g/mol. The van der Waals surface area contributed by atoms with Gasteiger partial charge in [-0.15, -0.1) is 0 Å². The molecule has 3 heterocycles. The zero-order chi connectivity index (χ0) is 22.2. The maximum absolute atomic E-state index is 9.41. The summed E-state index contributed by atoms with van der Waals surface area (Å²) >= 11 is 0. The van der Waals surface area contributed by atoms with Crippen LogP contribution in [-0.4, -0.2) is 14.5 Å². The molecule has 0 saturated heterocycles. The Kier molecular flexibility index (Phi) is 4.99. The van der Waals surface area contributed by atoms with Gasteiger partial charge in [0.25, 0.3) is 0 Å². The summed E-state index contributed by atoms with van der Waals surface area (Å²) in [6, 6.07) is 18.6.